The van der Waals surface area contributed by atoms with Crippen LogP contribution in [0, 0.1) is 0 Å². The molecule has 0 bridgehead atoms. The van der Waals surface area contributed by atoms with Crippen LogP contribution in [0.5, 0.6) is 5.75 Å². The molecule has 1 unspecified atom stereocenters. The first-order valence-electron chi connectivity index (χ1n) is 8.83. The average Bonchev–Trinajstić information content (AvgIpc) is 2.62. The Hall–Kier alpha value is -2.20. The molecule has 4 heteroatoms. The molecular weight excluding hydrogens is 314 g/mol. The summed E-state index contributed by atoms with van der Waals surface area (Å²) in [4.78, 5) is 16.7. The summed E-state index contributed by atoms with van der Waals surface area (Å²) >= 11 is 0. The van der Waals surface area contributed by atoms with Gasteiger partial charge < -0.3 is 9.84 Å². The van der Waals surface area contributed by atoms with E-state index in [2.05, 4.69) is 4.98 Å². The van der Waals surface area contributed by atoms with Crippen molar-refractivity contribution in [2.45, 2.75) is 45.4 Å². The Morgan fingerprint density at radius 1 is 1.12 bits per heavy atom. The lowest BCUT2D eigenvalue weighted by Crippen LogP contribution is -2.09. The minimum atomic E-state index is 0.0804. The van der Waals surface area contributed by atoms with E-state index in [0.717, 1.165) is 22.6 Å². The van der Waals surface area contributed by atoms with Crippen molar-refractivity contribution in [2.24, 2.45) is 0 Å². The normalized spacial score (nSPS) is 13.3. The van der Waals surface area contributed by atoms with Crippen LogP contribution in [0.15, 0.2) is 42.6 Å². The van der Waals surface area contributed by atoms with E-state index in [1.165, 1.54) is 0 Å². The summed E-state index contributed by atoms with van der Waals surface area (Å²) in [5.74, 6) is 1.15. The van der Waals surface area contributed by atoms with Gasteiger partial charge >= 0.3 is 0 Å². The second kappa shape index (κ2) is 9.33. The number of ether oxygens (including phenoxy) is 1. The Kier molecular flexibility index (Phi) is 7.14. The maximum absolute atomic E-state index is 12.3. The van der Waals surface area contributed by atoms with Crippen LogP contribution < -0.4 is 4.74 Å². The third kappa shape index (κ3) is 5.68. The van der Waals surface area contributed by atoms with Crippen molar-refractivity contribution in [3.8, 4) is 5.75 Å². The summed E-state index contributed by atoms with van der Waals surface area (Å²) in [6.07, 6.45) is 2.60. The molecule has 134 valence electrons. The van der Waals surface area contributed by atoms with Gasteiger partial charge in [0.25, 0.3) is 0 Å². The standard InChI is InChI=1S/C21H27NO3/c1-4-25-20-9-10-21(22-13-20)15(2)11-19(24)12-17-5-7-18(8-6-17)16(3)14-23/h5-10,13,15-16,23H,4,11-12,14H2,1-3H3/t15-,16?/m0/s1. The number of carbonyl (C=O) groups excluding carboxylic acids is 1. The zero-order chi connectivity index (χ0) is 18.2. The maximum Gasteiger partial charge on any atom is 0.137 e. The SMILES string of the molecule is CCOc1ccc([C@@H](C)CC(=O)Cc2ccc(C(C)CO)cc2)nc1. The van der Waals surface area contributed by atoms with Crippen LogP contribution in [-0.2, 0) is 11.2 Å². The number of rotatable bonds is 9. The zero-order valence-electron chi connectivity index (χ0n) is 15.2. The summed E-state index contributed by atoms with van der Waals surface area (Å²) in [7, 11) is 0. The number of ketones is 1. The Morgan fingerprint density at radius 2 is 1.84 bits per heavy atom. The fourth-order valence-corrected chi connectivity index (χ4v) is 2.75. The average molecular weight is 341 g/mol. The highest BCUT2D eigenvalue weighted by molar-refractivity contribution is 5.81. The van der Waals surface area contributed by atoms with E-state index in [1.807, 2.05) is 57.2 Å². The van der Waals surface area contributed by atoms with Crippen LogP contribution in [0.3, 0.4) is 0 Å². The number of hydrogen-bond acceptors (Lipinski definition) is 4. The van der Waals surface area contributed by atoms with Crippen molar-refractivity contribution in [3.05, 3.63) is 59.4 Å². The molecule has 0 amide bonds. The zero-order valence-corrected chi connectivity index (χ0v) is 15.2. The number of hydrogen-bond donors (Lipinski definition) is 1. The molecular formula is C21H27NO3. The Labute approximate surface area is 149 Å². The third-order valence-corrected chi connectivity index (χ3v) is 4.33. The van der Waals surface area contributed by atoms with Crippen molar-refractivity contribution in [2.75, 3.05) is 13.2 Å². The highest BCUT2D eigenvalue weighted by Gasteiger charge is 2.13. The van der Waals surface area contributed by atoms with Gasteiger partial charge in [-0.05, 0) is 30.2 Å². The summed E-state index contributed by atoms with van der Waals surface area (Å²) < 4.78 is 5.39. The van der Waals surface area contributed by atoms with Crippen LogP contribution in [0.2, 0.25) is 0 Å². The molecule has 0 saturated carbocycles. The number of nitrogens with zero attached hydrogens (tertiary/aromatic N) is 1. The molecule has 0 aliphatic rings. The molecule has 4 nitrogen and oxygen atoms in total. The van der Waals surface area contributed by atoms with E-state index in [4.69, 9.17) is 4.74 Å². The Balaban J connectivity index is 1.90. The van der Waals surface area contributed by atoms with Gasteiger partial charge in [-0.1, -0.05) is 38.1 Å². The maximum atomic E-state index is 12.3. The fraction of sp³-hybridized carbons (Fsp3) is 0.429. The molecule has 1 aromatic heterocycles. The predicted octanol–water partition coefficient (Wildman–Crippen LogP) is 3.88. The fourth-order valence-electron chi connectivity index (χ4n) is 2.75. The molecule has 1 aromatic carbocycles. The second-order valence-electron chi connectivity index (χ2n) is 6.50. The molecule has 2 aromatic rings. The topological polar surface area (TPSA) is 59.4 Å². The smallest absolute Gasteiger partial charge is 0.137 e. The largest absolute Gasteiger partial charge is 0.492 e. The second-order valence-corrected chi connectivity index (χ2v) is 6.50. The van der Waals surface area contributed by atoms with E-state index in [-0.39, 0.29) is 24.2 Å². The Bertz CT molecular complexity index is 665. The van der Waals surface area contributed by atoms with Gasteiger partial charge in [0.1, 0.15) is 11.5 Å². The summed E-state index contributed by atoms with van der Waals surface area (Å²) in [6.45, 7) is 6.68. The molecule has 0 spiro atoms. The van der Waals surface area contributed by atoms with Crippen molar-refractivity contribution in [3.63, 3.8) is 0 Å². The lowest BCUT2D eigenvalue weighted by molar-refractivity contribution is -0.118. The molecule has 0 radical (unpaired) electrons. The number of aromatic nitrogens is 1. The van der Waals surface area contributed by atoms with Gasteiger partial charge in [0.2, 0.25) is 0 Å². The van der Waals surface area contributed by atoms with E-state index in [1.54, 1.807) is 6.20 Å². The number of benzene rings is 1. The van der Waals surface area contributed by atoms with Gasteiger partial charge in [-0.3, -0.25) is 9.78 Å². The first kappa shape index (κ1) is 19.1. The lowest BCUT2D eigenvalue weighted by atomic mass is 9.95. The highest BCUT2D eigenvalue weighted by Crippen LogP contribution is 2.21. The van der Waals surface area contributed by atoms with Crippen LogP contribution in [0.4, 0.5) is 0 Å². The number of aliphatic hydroxyl groups is 1. The van der Waals surface area contributed by atoms with Crippen LogP contribution in [-0.4, -0.2) is 29.1 Å². The highest BCUT2D eigenvalue weighted by atomic mass is 16.5. The third-order valence-electron chi connectivity index (χ3n) is 4.33. The summed E-state index contributed by atoms with van der Waals surface area (Å²) in [5.41, 5.74) is 3.00. The molecule has 1 heterocycles. The number of Topliss-reactive ketones (excluding diaryl/α,β-unsaturated/α-hetero) is 1. The first-order chi connectivity index (χ1) is 12.0. The quantitative estimate of drug-likeness (QED) is 0.752. The van der Waals surface area contributed by atoms with E-state index in [0.29, 0.717) is 19.4 Å². The van der Waals surface area contributed by atoms with Gasteiger partial charge in [-0.2, -0.15) is 0 Å². The molecule has 2 rings (SSSR count). The van der Waals surface area contributed by atoms with Crippen LogP contribution in [0.25, 0.3) is 0 Å². The Morgan fingerprint density at radius 3 is 2.40 bits per heavy atom. The summed E-state index contributed by atoms with van der Waals surface area (Å²) in [5, 5.41) is 9.19. The van der Waals surface area contributed by atoms with Crippen LogP contribution in [0.1, 0.15) is 55.8 Å². The lowest BCUT2D eigenvalue weighted by Gasteiger charge is -2.12. The monoisotopic (exact) mass is 341 g/mol. The van der Waals surface area contributed by atoms with Crippen LogP contribution >= 0.6 is 0 Å². The predicted molar refractivity (Wildman–Crippen MR) is 99.1 cm³/mol. The summed E-state index contributed by atoms with van der Waals surface area (Å²) in [6, 6.07) is 11.7. The molecule has 0 aliphatic heterocycles. The van der Waals surface area contributed by atoms with Gasteiger partial charge in [0.05, 0.1) is 12.8 Å². The van der Waals surface area contributed by atoms with Gasteiger partial charge in [-0.25, -0.2) is 0 Å². The molecule has 25 heavy (non-hydrogen) atoms. The van der Waals surface area contributed by atoms with Gasteiger partial charge in [-0.15, -0.1) is 0 Å². The minimum Gasteiger partial charge on any atom is -0.492 e. The van der Waals surface area contributed by atoms with E-state index in [9.17, 15) is 9.90 Å². The van der Waals surface area contributed by atoms with Crippen molar-refractivity contribution >= 4 is 5.78 Å². The van der Waals surface area contributed by atoms with Gasteiger partial charge in [0, 0.05) is 37.0 Å². The van der Waals surface area contributed by atoms with E-state index < -0.39 is 0 Å². The minimum absolute atomic E-state index is 0.0804. The van der Waals surface area contributed by atoms with E-state index >= 15 is 0 Å². The van der Waals surface area contributed by atoms with Gasteiger partial charge in [0.15, 0.2) is 0 Å². The van der Waals surface area contributed by atoms with Crippen molar-refractivity contribution in [1.29, 1.82) is 0 Å². The first-order valence-corrected chi connectivity index (χ1v) is 8.83. The van der Waals surface area contributed by atoms with Crippen molar-refractivity contribution < 1.29 is 14.6 Å². The molecule has 2 atom stereocenters. The molecule has 1 N–H and O–H groups in total. The molecule has 0 fully saturated rings. The number of pyridine rings is 1. The number of aliphatic hydroxyl groups excluding tert-OH is 1. The molecule has 0 saturated heterocycles. The van der Waals surface area contributed by atoms with Crippen molar-refractivity contribution in [1.82, 2.24) is 4.98 Å². The molecule has 0 aliphatic carbocycles. The number of carbonyl (C=O) groups is 1.